The summed E-state index contributed by atoms with van der Waals surface area (Å²) in [6.07, 6.45) is 0. The number of benzene rings is 1. The van der Waals surface area contributed by atoms with E-state index < -0.39 is 34.2 Å². The molecule has 1 atom stereocenters. The Morgan fingerprint density at radius 2 is 1.94 bits per heavy atom. The highest BCUT2D eigenvalue weighted by atomic mass is 16.6. The van der Waals surface area contributed by atoms with Gasteiger partial charge in [-0.05, 0) is 11.6 Å². The molecule has 1 aromatic carbocycles. The first kappa shape index (κ1) is 12.6. The quantitative estimate of drug-likeness (QED) is 0.509. The first-order chi connectivity index (χ1) is 7.84. The minimum absolute atomic E-state index is 0.0331. The second-order valence-corrected chi connectivity index (χ2v) is 3.15. The molecule has 0 radical (unpaired) electrons. The van der Waals surface area contributed by atoms with Crippen molar-refractivity contribution < 1.29 is 24.7 Å². The van der Waals surface area contributed by atoms with E-state index in [1.54, 1.807) is 0 Å². The number of carboxylic acids is 2. The van der Waals surface area contributed by atoms with Gasteiger partial charge < -0.3 is 15.9 Å². The molecule has 0 heterocycles. The minimum Gasteiger partial charge on any atom is -0.480 e. The van der Waals surface area contributed by atoms with Gasteiger partial charge in [0.2, 0.25) is 0 Å². The highest BCUT2D eigenvalue weighted by Crippen LogP contribution is 2.23. The molecule has 0 aromatic heterocycles. The van der Waals surface area contributed by atoms with E-state index in [2.05, 4.69) is 0 Å². The van der Waals surface area contributed by atoms with Crippen LogP contribution >= 0.6 is 0 Å². The third kappa shape index (κ3) is 2.55. The van der Waals surface area contributed by atoms with Crippen molar-refractivity contribution in [2.24, 2.45) is 5.73 Å². The fourth-order valence-electron chi connectivity index (χ4n) is 1.22. The Bertz CT molecular complexity index is 498. The Balaban J connectivity index is 3.33. The second kappa shape index (κ2) is 4.58. The highest BCUT2D eigenvalue weighted by molar-refractivity contribution is 5.92. The maximum atomic E-state index is 10.7. The molecular weight excluding hydrogens is 232 g/mol. The van der Waals surface area contributed by atoms with E-state index in [-0.39, 0.29) is 5.56 Å². The van der Waals surface area contributed by atoms with Crippen molar-refractivity contribution in [1.29, 1.82) is 0 Å². The fraction of sp³-hybridized carbons (Fsp3) is 0.111. The molecule has 17 heavy (non-hydrogen) atoms. The summed E-state index contributed by atoms with van der Waals surface area (Å²) in [5.74, 6) is -2.82. The zero-order chi connectivity index (χ0) is 13.2. The number of hydrogen-bond donors (Lipinski definition) is 3. The Kier molecular flexibility index (Phi) is 3.39. The topological polar surface area (TPSA) is 144 Å². The van der Waals surface area contributed by atoms with Crippen LogP contribution in [0.15, 0.2) is 18.2 Å². The number of carbonyl (C=O) groups is 2. The Hall–Kier alpha value is -2.48. The lowest BCUT2D eigenvalue weighted by Gasteiger charge is -2.07. The standard InChI is InChI=1S/C9H8N2O6/c10-7(9(14)15)4-1-2-5(8(12)13)6(3-4)11(16)17/h1-3,7H,10H2,(H,12,13)(H,14,15)/t7-/m0/s1. The molecule has 0 aliphatic heterocycles. The van der Waals surface area contributed by atoms with Gasteiger partial charge in [0.25, 0.3) is 5.69 Å². The van der Waals surface area contributed by atoms with E-state index in [1.807, 2.05) is 0 Å². The molecule has 0 fully saturated rings. The van der Waals surface area contributed by atoms with E-state index in [0.717, 1.165) is 18.2 Å². The van der Waals surface area contributed by atoms with Gasteiger partial charge >= 0.3 is 11.9 Å². The van der Waals surface area contributed by atoms with Crippen molar-refractivity contribution in [3.05, 3.63) is 39.4 Å². The molecule has 0 aliphatic rings. The van der Waals surface area contributed by atoms with E-state index >= 15 is 0 Å². The zero-order valence-corrected chi connectivity index (χ0v) is 8.36. The molecule has 0 amide bonds. The van der Waals surface area contributed by atoms with Crippen molar-refractivity contribution in [2.75, 3.05) is 0 Å². The summed E-state index contributed by atoms with van der Waals surface area (Å²) in [7, 11) is 0. The number of nitro benzene ring substituents is 1. The smallest absolute Gasteiger partial charge is 0.342 e. The van der Waals surface area contributed by atoms with Crippen LogP contribution in [-0.4, -0.2) is 27.1 Å². The van der Waals surface area contributed by atoms with Crippen molar-refractivity contribution in [3.8, 4) is 0 Å². The Labute approximate surface area is 94.4 Å². The predicted octanol–water partition coefficient (Wildman–Crippen LogP) is 0.377. The first-order valence-electron chi connectivity index (χ1n) is 4.34. The van der Waals surface area contributed by atoms with Crippen LogP contribution in [0, 0.1) is 10.1 Å². The van der Waals surface area contributed by atoms with Crippen LogP contribution in [-0.2, 0) is 4.79 Å². The summed E-state index contributed by atoms with van der Waals surface area (Å²) in [4.78, 5) is 31.0. The van der Waals surface area contributed by atoms with Gasteiger partial charge in [-0.15, -0.1) is 0 Å². The Morgan fingerprint density at radius 3 is 2.35 bits per heavy atom. The molecule has 0 spiro atoms. The van der Waals surface area contributed by atoms with Gasteiger partial charge in [0.15, 0.2) is 0 Å². The highest BCUT2D eigenvalue weighted by Gasteiger charge is 2.23. The molecule has 1 aromatic rings. The number of rotatable bonds is 4. The lowest BCUT2D eigenvalue weighted by atomic mass is 10.0. The van der Waals surface area contributed by atoms with Crippen LogP contribution in [0.3, 0.4) is 0 Å². The van der Waals surface area contributed by atoms with Crippen molar-refractivity contribution >= 4 is 17.6 Å². The number of aliphatic carboxylic acids is 1. The van der Waals surface area contributed by atoms with Gasteiger partial charge in [0, 0.05) is 6.07 Å². The van der Waals surface area contributed by atoms with Gasteiger partial charge in [-0.1, -0.05) is 6.07 Å². The molecule has 0 unspecified atom stereocenters. The predicted molar refractivity (Wildman–Crippen MR) is 54.6 cm³/mol. The molecule has 0 saturated heterocycles. The van der Waals surface area contributed by atoms with Crippen molar-refractivity contribution in [3.63, 3.8) is 0 Å². The van der Waals surface area contributed by atoms with Crippen LogP contribution in [0.2, 0.25) is 0 Å². The number of nitrogens with two attached hydrogens (primary N) is 1. The zero-order valence-electron chi connectivity index (χ0n) is 8.36. The third-order valence-electron chi connectivity index (χ3n) is 2.07. The summed E-state index contributed by atoms with van der Waals surface area (Å²) in [5, 5.41) is 28.0. The average molecular weight is 240 g/mol. The van der Waals surface area contributed by atoms with Gasteiger partial charge in [0.1, 0.15) is 11.6 Å². The lowest BCUT2D eigenvalue weighted by Crippen LogP contribution is -2.21. The monoisotopic (exact) mass is 240 g/mol. The molecule has 8 heteroatoms. The molecule has 0 saturated carbocycles. The van der Waals surface area contributed by atoms with Crippen molar-refractivity contribution in [1.82, 2.24) is 0 Å². The molecule has 0 aliphatic carbocycles. The number of carboxylic acid groups (broad SMARTS) is 2. The Morgan fingerprint density at radius 1 is 1.35 bits per heavy atom. The van der Waals surface area contributed by atoms with E-state index in [9.17, 15) is 19.7 Å². The summed E-state index contributed by atoms with van der Waals surface area (Å²) in [6, 6.07) is 1.51. The summed E-state index contributed by atoms with van der Waals surface area (Å²) < 4.78 is 0. The molecular formula is C9H8N2O6. The van der Waals surface area contributed by atoms with E-state index in [0.29, 0.717) is 0 Å². The molecule has 0 bridgehead atoms. The van der Waals surface area contributed by atoms with Crippen LogP contribution in [0.25, 0.3) is 0 Å². The number of hydrogen-bond acceptors (Lipinski definition) is 5. The average Bonchev–Trinajstić information content (AvgIpc) is 2.26. The second-order valence-electron chi connectivity index (χ2n) is 3.15. The minimum atomic E-state index is -1.47. The number of aromatic carboxylic acids is 1. The van der Waals surface area contributed by atoms with Crippen LogP contribution in [0.4, 0.5) is 5.69 Å². The molecule has 90 valence electrons. The number of nitrogens with zero attached hydrogens (tertiary/aromatic N) is 1. The molecule has 8 nitrogen and oxygen atoms in total. The largest absolute Gasteiger partial charge is 0.480 e. The van der Waals surface area contributed by atoms with Crippen LogP contribution in [0.1, 0.15) is 22.0 Å². The van der Waals surface area contributed by atoms with Gasteiger partial charge in [-0.25, -0.2) is 4.79 Å². The summed E-state index contributed by atoms with van der Waals surface area (Å²) in [6.45, 7) is 0. The number of nitro groups is 1. The van der Waals surface area contributed by atoms with E-state index in [4.69, 9.17) is 15.9 Å². The van der Waals surface area contributed by atoms with Gasteiger partial charge in [0.05, 0.1) is 4.92 Å². The third-order valence-corrected chi connectivity index (χ3v) is 2.07. The van der Waals surface area contributed by atoms with Crippen molar-refractivity contribution in [2.45, 2.75) is 6.04 Å². The maximum absolute atomic E-state index is 10.7. The molecule has 4 N–H and O–H groups in total. The summed E-state index contributed by atoms with van der Waals surface area (Å²) >= 11 is 0. The van der Waals surface area contributed by atoms with Gasteiger partial charge in [-0.2, -0.15) is 0 Å². The van der Waals surface area contributed by atoms with Gasteiger partial charge in [-0.3, -0.25) is 14.9 Å². The van der Waals surface area contributed by atoms with Crippen LogP contribution in [0.5, 0.6) is 0 Å². The summed E-state index contributed by atoms with van der Waals surface area (Å²) in [5.41, 5.74) is 4.02. The maximum Gasteiger partial charge on any atom is 0.342 e. The molecule has 1 rings (SSSR count). The first-order valence-corrected chi connectivity index (χ1v) is 4.34. The fourth-order valence-corrected chi connectivity index (χ4v) is 1.22. The van der Waals surface area contributed by atoms with E-state index in [1.165, 1.54) is 0 Å². The normalized spacial score (nSPS) is 11.8. The lowest BCUT2D eigenvalue weighted by molar-refractivity contribution is -0.385. The van der Waals surface area contributed by atoms with Crippen LogP contribution < -0.4 is 5.73 Å². The SMILES string of the molecule is N[C@H](C(=O)O)c1ccc(C(=O)O)c([N+](=O)[O-])c1.